The quantitative estimate of drug-likeness (QED) is 0.346. The second-order valence-electron chi connectivity index (χ2n) is 6.24. The van der Waals surface area contributed by atoms with Crippen LogP contribution in [0, 0.1) is 28.6 Å². The van der Waals surface area contributed by atoms with Crippen LogP contribution < -0.4 is 16.4 Å². The molecule has 4 aliphatic carbocycles. The minimum atomic E-state index is -0.160. The van der Waals surface area contributed by atoms with Crippen LogP contribution in [-0.2, 0) is 0 Å². The molecule has 17 heavy (non-hydrogen) atoms. The Morgan fingerprint density at radius 2 is 1.47 bits per heavy atom. The van der Waals surface area contributed by atoms with Crippen LogP contribution in [0.1, 0.15) is 38.5 Å². The molecule has 5 nitrogen and oxygen atoms in total. The van der Waals surface area contributed by atoms with Crippen LogP contribution in [0.4, 0.5) is 0 Å². The van der Waals surface area contributed by atoms with E-state index in [0.29, 0.717) is 0 Å². The second kappa shape index (κ2) is 3.62. The molecule has 0 aromatic rings. The molecule has 0 aromatic carbocycles. The number of hydrogen-bond donors (Lipinski definition) is 5. The van der Waals surface area contributed by atoms with Gasteiger partial charge < -0.3 is 11.1 Å². The topological polar surface area (TPSA) is 97.8 Å². The summed E-state index contributed by atoms with van der Waals surface area (Å²) in [6, 6.07) is 0. The summed E-state index contributed by atoms with van der Waals surface area (Å²) in [5.41, 5.74) is 5.37. The van der Waals surface area contributed by atoms with Crippen molar-refractivity contribution in [2.24, 2.45) is 23.5 Å². The maximum Gasteiger partial charge on any atom is 0.195 e. The maximum absolute atomic E-state index is 7.81. The second-order valence-corrected chi connectivity index (χ2v) is 6.24. The maximum atomic E-state index is 7.81. The molecule has 4 rings (SSSR count). The number of guanidine groups is 2. The predicted octanol–water partition coefficient (Wildman–Crippen LogP) is 0.963. The Kier molecular flexibility index (Phi) is 2.31. The Morgan fingerprint density at radius 3 is 1.88 bits per heavy atom. The molecule has 0 spiro atoms. The van der Waals surface area contributed by atoms with E-state index in [-0.39, 0.29) is 17.5 Å². The smallest absolute Gasteiger partial charge is 0.195 e. The van der Waals surface area contributed by atoms with Gasteiger partial charge in [0.15, 0.2) is 11.9 Å². The van der Waals surface area contributed by atoms with Gasteiger partial charge >= 0.3 is 0 Å². The Bertz CT molecular complexity index is 327. The summed E-state index contributed by atoms with van der Waals surface area (Å²) in [4.78, 5) is 0. The van der Waals surface area contributed by atoms with E-state index in [9.17, 15) is 0 Å². The normalized spacial score (nSPS) is 42.2. The van der Waals surface area contributed by atoms with Crippen LogP contribution in [-0.4, -0.2) is 17.5 Å². The molecule has 4 saturated carbocycles. The van der Waals surface area contributed by atoms with E-state index in [2.05, 4.69) is 10.6 Å². The predicted molar refractivity (Wildman–Crippen MR) is 66.8 cm³/mol. The van der Waals surface area contributed by atoms with Crippen molar-refractivity contribution in [3.05, 3.63) is 0 Å². The highest BCUT2D eigenvalue weighted by molar-refractivity contribution is 5.95. The molecule has 0 amide bonds. The van der Waals surface area contributed by atoms with E-state index < -0.39 is 0 Å². The molecule has 4 aliphatic rings. The molecule has 4 bridgehead atoms. The summed E-state index contributed by atoms with van der Waals surface area (Å²) < 4.78 is 0. The van der Waals surface area contributed by atoms with Crippen LogP contribution in [0.15, 0.2) is 0 Å². The van der Waals surface area contributed by atoms with Gasteiger partial charge in [-0.1, -0.05) is 0 Å². The summed E-state index contributed by atoms with van der Waals surface area (Å²) in [7, 11) is 0. The van der Waals surface area contributed by atoms with Crippen LogP contribution >= 0.6 is 0 Å². The van der Waals surface area contributed by atoms with Gasteiger partial charge in [0.05, 0.1) is 0 Å². The van der Waals surface area contributed by atoms with Crippen molar-refractivity contribution in [3.63, 3.8) is 0 Å². The largest absolute Gasteiger partial charge is 0.370 e. The highest BCUT2D eigenvalue weighted by atomic mass is 15.2. The molecule has 6 N–H and O–H groups in total. The zero-order valence-electron chi connectivity index (χ0n) is 10.1. The Labute approximate surface area is 102 Å². The zero-order valence-corrected chi connectivity index (χ0v) is 10.1. The minimum absolute atomic E-state index is 0.119. The van der Waals surface area contributed by atoms with Gasteiger partial charge in [0.25, 0.3) is 0 Å². The van der Waals surface area contributed by atoms with E-state index in [4.69, 9.17) is 16.6 Å². The first-order chi connectivity index (χ1) is 8.05. The third-order valence-corrected chi connectivity index (χ3v) is 4.69. The third-order valence-electron chi connectivity index (χ3n) is 4.69. The lowest BCUT2D eigenvalue weighted by Crippen LogP contribution is -2.62. The molecule has 0 atom stereocenters. The highest BCUT2D eigenvalue weighted by Gasteiger charge is 2.51. The number of rotatable bonds is 1. The van der Waals surface area contributed by atoms with Crippen molar-refractivity contribution in [2.45, 2.75) is 44.1 Å². The van der Waals surface area contributed by atoms with Crippen LogP contribution in [0.3, 0.4) is 0 Å². The minimum Gasteiger partial charge on any atom is -0.370 e. The van der Waals surface area contributed by atoms with Gasteiger partial charge in [0, 0.05) is 5.54 Å². The average molecular weight is 235 g/mol. The fourth-order valence-electron chi connectivity index (χ4n) is 4.69. The Balaban J connectivity index is 1.70. The van der Waals surface area contributed by atoms with Gasteiger partial charge in [-0.3, -0.25) is 16.1 Å². The molecule has 94 valence electrons. The monoisotopic (exact) mass is 235 g/mol. The van der Waals surface area contributed by atoms with Crippen LogP contribution in [0.25, 0.3) is 0 Å². The summed E-state index contributed by atoms with van der Waals surface area (Å²) in [6.45, 7) is 0. The fraction of sp³-hybridized carbons (Fsp3) is 0.833. The van der Waals surface area contributed by atoms with Crippen molar-refractivity contribution < 1.29 is 0 Å². The van der Waals surface area contributed by atoms with Crippen molar-refractivity contribution in [1.29, 1.82) is 10.8 Å². The van der Waals surface area contributed by atoms with Crippen molar-refractivity contribution in [1.82, 2.24) is 10.6 Å². The summed E-state index contributed by atoms with van der Waals surface area (Å²) >= 11 is 0. The number of nitrogens with two attached hydrogens (primary N) is 1. The SMILES string of the molecule is N=C(N)NC(=N)NC12CC3CC(CC(C3)C1)C2. The third kappa shape index (κ3) is 1.98. The van der Waals surface area contributed by atoms with Crippen LogP contribution in [0.5, 0.6) is 0 Å². The van der Waals surface area contributed by atoms with Gasteiger partial charge in [0.2, 0.25) is 0 Å². The molecule has 0 radical (unpaired) electrons. The van der Waals surface area contributed by atoms with Crippen molar-refractivity contribution in [3.8, 4) is 0 Å². The van der Waals surface area contributed by atoms with E-state index in [1.54, 1.807) is 0 Å². The van der Waals surface area contributed by atoms with E-state index in [1.165, 1.54) is 38.5 Å². The Hall–Kier alpha value is -1.26. The lowest BCUT2D eigenvalue weighted by atomic mass is 9.53. The van der Waals surface area contributed by atoms with Crippen LogP contribution in [0.2, 0.25) is 0 Å². The first kappa shape index (κ1) is 10.9. The molecule has 4 fully saturated rings. The molecule has 5 heteroatoms. The fourth-order valence-corrected chi connectivity index (χ4v) is 4.69. The summed E-state index contributed by atoms with van der Waals surface area (Å²) in [6.07, 6.45) is 7.78. The van der Waals surface area contributed by atoms with Gasteiger partial charge in [0.1, 0.15) is 0 Å². The summed E-state index contributed by atoms with van der Waals surface area (Å²) in [5, 5.41) is 20.8. The molecular weight excluding hydrogens is 214 g/mol. The van der Waals surface area contributed by atoms with E-state index in [1.807, 2.05) is 0 Å². The molecule has 0 unspecified atom stereocenters. The van der Waals surface area contributed by atoms with Gasteiger partial charge in [-0.2, -0.15) is 0 Å². The molecule has 0 aromatic heterocycles. The first-order valence-corrected chi connectivity index (χ1v) is 6.52. The molecule has 0 saturated heterocycles. The first-order valence-electron chi connectivity index (χ1n) is 6.52. The molecular formula is C12H21N5. The number of hydrogen-bond acceptors (Lipinski definition) is 2. The van der Waals surface area contributed by atoms with Crippen molar-refractivity contribution >= 4 is 11.9 Å². The van der Waals surface area contributed by atoms with E-state index in [0.717, 1.165) is 17.8 Å². The summed E-state index contributed by atoms with van der Waals surface area (Å²) in [5.74, 6) is 2.61. The average Bonchev–Trinajstić information content (AvgIpc) is 2.11. The Morgan fingerprint density at radius 1 is 1.00 bits per heavy atom. The highest BCUT2D eigenvalue weighted by Crippen LogP contribution is 2.55. The van der Waals surface area contributed by atoms with Gasteiger partial charge in [-0.25, -0.2) is 0 Å². The van der Waals surface area contributed by atoms with E-state index >= 15 is 0 Å². The zero-order chi connectivity index (χ0) is 12.0. The molecule has 0 heterocycles. The van der Waals surface area contributed by atoms with Gasteiger partial charge in [-0.15, -0.1) is 0 Å². The number of nitrogens with one attached hydrogen (secondary N) is 4. The lowest BCUT2D eigenvalue weighted by Gasteiger charge is -2.57. The molecule has 0 aliphatic heterocycles. The van der Waals surface area contributed by atoms with Crippen molar-refractivity contribution in [2.75, 3.05) is 0 Å². The lowest BCUT2D eigenvalue weighted by molar-refractivity contribution is -0.0104. The standard InChI is InChI=1S/C12H21N5/c13-10(14)16-11(15)17-12-4-7-1-8(5-12)3-9(2-7)6-12/h7-9H,1-6H2,(H6,13,14,15,16,17). The van der Waals surface area contributed by atoms with Gasteiger partial charge in [-0.05, 0) is 56.3 Å².